The minimum absolute atomic E-state index is 0.103. The van der Waals surface area contributed by atoms with Crippen molar-refractivity contribution in [1.82, 2.24) is 4.90 Å². The number of carboxylic acids is 1. The lowest BCUT2D eigenvalue weighted by Gasteiger charge is -2.44. The highest BCUT2D eigenvalue weighted by Crippen LogP contribution is 2.39. The Kier molecular flexibility index (Phi) is 4.82. The first-order chi connectivity index (χ1) is 11.9. The van der Waals surface area contributed by atoms with Gasteiger partial charge in [-0.15, -0.1) is 0 Å². The summed E-state index contributed by atoms with van der Waals surface area (Å²) in [7, 11) is 0. The molecule has 1 aromatic rings. The highest BCUT2D eigenvalue weighted by molar-refractivity contribution is 5.89. The maximum absolute atomic E-state index is 13.8. The summed E-state index contributed by atoms with van der Waals surface area (Å²) in [5, 5.41) is 9.52. The Hall–Kier alpha value is -1.95. The molecule has 0 bridgehead atoms. The van der Waals surface area contributed by atoms with Crippen LogP contribution in [-0.4, -0.2) is 48.2 Å². The van der Waals surface area contributed by atoms with Crippen LogP contribution in [0.1, 0.15) is 38.2 Å². The van der Waals surface area contributed by atoms with Crippen molar-refractivity contribution in [2.45, 2.75) is 38.0 Å². The number of benzene rings is 1. The molecule has 3 rings (SSSR count). The Bertz CT molecular complexity index is 671. The normalized spacial score (nSPS) is 26.2. The van der Waals surface area contributed by atoms with Crippen LogP contribution in [0.3, 0.4) is 0 Å². The molecule has 2 heterocycles. The topological polar surface area (TPSA) is 66.8 Å². The number of carbonyl (C=O) groups is 2. The fourth-order valence-electron chi connectivity index (χ4n) is 4.02. The van der Waals surface area contributed by atoms with Gasteiger partial charge in [0.05, 0.1) is 10.8 Å². The van der Waals surface area contributed by atoms with Crippen LogP contribution in [0.4, 0.5) is 4.39 Å². The summed E-state index contributed by atoms with van der Waals surface area (Å²) >= 11 is 0. The lowest BCUT2D eigenvalue weighted by Crippen LogP contribution is -2.55. The van der Waals surface area contributed by atoms with Gasteiger partial charge in [-0.3, -0.25) is 9.59 Å². The second-order valence-electron chi connectivity index (χ2n) is 7.40. The molecule has 1 aromatic carbocycles. The molecule has 0 radical (unpaired) electrons. The fraction of sp³-hybridized carbons (Fsp3) is 0.579. The Labute approximate surface area is 146 Å². The molecule has 136 valence electrons. The van der Waals surface area contributed by atoms with Gasteiger partial charge in [0.1, 0.15) is 5.82 Å². The fourth-order valence-corrected chi connectivity index (χ4v) is 4.02. The highest BCUT2D eigenvalue weighted by atomic mass is 19.1. The van der Waals surface area contributed by atoms with Gasteiger partial charge in [-0.05, 0) is 50.3 Å². The van der Waals surface area contributed by atoms with Crippen LogP contribution < -0.4 is 0 Å². The number of piperidine rings is 1. The van der Waals surface area contributed by atoms with Gasteiger partial charge in [0.25, 0.3) is 0 Å². The van der Waals surface area contributed by atoms with Crippen LogP contribution >= 0.6 is 0 Å². The van der Waals surface area contributed by atoms with Gasteiger partial charge in [0.2, 0.25) is 5.91 Å². The molecule has 0 aliphatic carbocycles. The van der Waals surface area contributed by atoms with Crippen LogP contribution in [-0.2, 0) is 19.7 Å². The molecule has 5 nitrogen and oxygen atoms in total. The van der Waals surface area contributed by atoms with Crippen molar-refractivity contribution in [3.63, 3.8) is 0 Å². The molecule has 1 amide bonds. The monoisotopic (exact) mass is 349 g/mol. The molecule has 6 heteroatoms. The summed E-state index contributed by atoms with van der Waals surface area (Å²) in [6, 6.07) is 6.19. The Balaban J connectivity index is 1.94. The third kappa shape index (κ3) is 3.27. The second kappa shape index (κ2) is 6.75. The van der Waals surface area contributed by atoms with Crippen molar-refractivity contribution in [1.29, 1.82) is 0 Å². The van der Waals surface area contributed by atoms with Crippen LogP contribution in [0.25, 0.3) is 0 Å². The number of nitrogens with zero attached hydrogens (tertiary/aromatic N) is 1. The smallest absolute Gasteiger partial charge is 0.311 e. The minimum atomic E-state index is -0.928. The predicted octanol–water partition coefficient (Wildman–Crippen LogP) is 2.59. The molecule has 1 unspecified atom stereocenters. The molecule has 0 spiro atoms. The lowest BCUT2D eigenvalue weighted by atomic mass is 9.72. The molecule has 1 atom stereocenters. The summed E-state index contributed by atoms with van der Waals surface area (Å²) in [5.41, 5.74) is -1.11. The van der Waals surface area contributed by atoms with Gasteiger partial charge < -0.3 is 14.7 Å². The van der Waals surface area contributed by atoms with E-state index in [0.29, 0.717) is 51.0 Å². The summed E-state index contributed by atoms with van der Waals surface area (Å²) < 4.78 is 19.2. The van der Waals surface area contributed by atoms with Gasteiger partial charge >= 0.3 is 5.97 Å². The zero-order chi connectivity index (χ0) is 18.1. The van der Waals surface area contributed by atoms with Crippen molar-refractivity contribution in [3.8, 4) is 0 Å². The molecule has 1 N–H and O–H groups in total. The second-order valence-corrected chi connectivity index (χ2v) is 7.40. The van der Waals surface area contributed by atoms with Crippen molar-refractivity contribution in [2.24, 2.45) is 5.41 Å². The standard InChI is InChI=1S/C19H24FNO4/c1-18(17(23)24)6-3-9-21(13-18)16(22)19(7-10-25-11-8-19)14-4-2-5-15(20)12-14/h2,4-5,12H,3,6-11,13H2,1H3,(H,23,24). The summed E-state index contributed by atoms with van der Waals surface area (Å²) in [6.45, 7) is 3.30. The van der Waals surface area contributed by atoms with E-state index < -0.39 is 16.8 Å². The molecule has 25 heavy (non-hydrogen) atoms. The first-order valence-electron chi connectivity index (χ1n) is 8.74. The van der Waals surface area contributed by atoms with E-state index in [0.717, 1.165) is 0 Å². The van der Waals surface area contributed by atoms with Crippen molar-refractivity contribution in [3.05, 3.63) is 35.6 Å². The molecular weight excluding hydrogens is 325 g/mol. The van der Waals surface area contributed by atoms with Crippen molar-refractivity contribution in [2.75, 3.05) is 26.3 Å². The van der Waals surface area contributed by atoms with Gasteiger partial charge in [0.15, 0.2) is 0 Å². The largest absolute Gasteiger partial charge is 0.481 e. The number of likely N-dealkylation sites (tertiary alicyclic amines) is 1. The molecule has 0 aromatic heterocycles. The number of hydrogen-bond acceptors (Lipinski definition) is 3. The third-order valence-electron chi connectivity index (χ3n) is 5.63. The molecule has 2 saturated heterocycles. The lowest BCUT2D eigenvalue weighted by molar-refractivity contribution is -0.156. The number of rotatable bonds is 3. The molecule has 2 aliphatic heterocycles. The number of aliphatic carboxylic acids is 1. The molecule has 2 aliphatic rings. The van der Waals surface area contributed by atoms with Crippen LogP contribution in [0.2, 0.25) is 0 Å². The number of amides is 1. The number of halogens is 1. The Morgan fingerprint density at radius 3 is 2.60 bits per heavy atom. The van der Waals surface area contributed by atoms with E-state index in [4.69, 9.17) is 4.74 Å². The zero-order valence-electron chi connectivity index (χ0n) is 14.5. The summed E-state index contributed by atoms with van der Waals surface area (Å²) in [4.78, 5) is 26.7. The average Bonchev–Trinajstić information content (AvgIpc) is 2.61. The highest BCUT2D eigenvalue weighted by Gasteiger charge is 2.47. The Morgan fingerprint density at radius 1 is 1.24 bits per heavy atom. The molecule has 0 saturated carbocycles. The summed E-state index contributed by atoms with van der Waals surface area (Å²) in [5.74, 6) is -1.35. The van der Waals surface area contributed by atoms with Gasteiger partial charge in [-0.1, -0.05) is 12.1 Å². The maximum Gasteiger partial charge on any atom is 0.311 e. The SMILES string of the molecule is CC1(C(=O)O)CCCN(C(=O)C2(c3cccc(F)c3)CCOCC2)C1. The van der Waals surface area contributed by atoms with Gasteiger partial charge in [0, 0.05) is 26.3 Å². The van der Waals surface area contributed by atoms with E-state index in [1.165, 1.54) is 12.1 Å². The third-order valence-corrected chi connectivity index (χ3v) is 5.63. The van der Waals surface area contributed by atoms with E-state index in [-0.39, 0.29) is 18.3 Å². The quantitative estimate of drug-likeness (QED) is 0.911. The average molecular weight is 349 g/mol. The molecular formula is C19H24FNO4. The van der Waals surface area contributed by atoms with Gasteiger partial charge in [-0.2, -0.15) is 0 Å². The van der Waals surface area contributed by atoms with Crippen LogP contribution in [0, 0.1) is 11.2 Å². The number of ether oxygens (including phenoxy) is 1. The number of carbonyl (C=O) groups excluding carboxylic acids is 1. The number of carboxylic acid groups (broad SMARTS) is 1. The number of hydrogen-bond donors (Lipinski definition) is 1. The van der Waals surface area contributed by atoms with E-state index in [9.17, 15) is 19.1 Å². The maximum atomic E-state index is 13.8. The van der Waals surface area contributed by atoms with E-state index in [1.807, 2.05) is 0 Å². The van der Waals surface area contributed by atoms with Gasteiger partial charge in [-0.25, -0.2) is 4.39 Å². The summed E-state index contributed by atoms with van der Waals surface area (Å²) in [6.07, 6.45) is 2.18. The van der Waals surface area contributed by atoms with E-state index in [1.54, 1.807) is 24.0 Å². The van der Waals surface area contributed by atoms with E-state index >= 15 is 0 Å². The Morgan fingerprint density at radius 2 is 1.96 bits per heavy atom. The predicted molar refractivity (Wildman–Crippen MR) is 89.7 cm³/mol. The first-order valence-corrected chi connectivity index (χ1v) is 8.74. The van der Waals surface area contributed by atoms with Crippen molar-refractivity contribution < 1.29 is 23.8 Å². The minimum Gasteiger partial charge on any atom is -0.481 e. The zero-order valence-corrected chi connectivity index (χ0v) is 14.5. The van der Waals surface area contributed by atoms with E-state index in [2.05, 4.69) is 0 Å². The van der Waals surface area contributed by atoms with Crippen molar-refractivity contribution >= 4 is 11.9 Å². The van der Waals surface area contributed by atoms with Crippen LogP contribution in [0.5, 0.6) is 0 Å². The van der Waals surface area contributed by atoms with Crippen LogP contribution in [0.15, 0.2) is 24.3 Å². The molecule has 2 fully saturated rings. The first kappa shape index (κ1) is 17.9.